The van der Waals surface area contributed by atoms with Crippen LogP contribution in [0.4, 0.5) is 0 Å². The van der Waals surface area contributed by atoms with Crippen molar-refractivity contribution in [2.75, 3.05) is 13.1 Å². The van der Waals surface area contributed by atoms with E-state index in [0.717, 1.165) is 38.9 Å². The zero-order valence-corrected chi connectivity index (χ0v) is 10.5. The predicted octanol–water partition coefficient (Wildman–Crippen LogP) is 2.98. The molecule has 0 aliphatic carbocycles. The molecule has 0 radical (unpaired) electrons. The van der Waals surface area contributed by atoms with Crippen molar-refractivity contribution in [3.8, 4) is 6.07 Å². The third-order valence-corrected chi connectivity index (χ3v) is 3.53. The molecule has 0 aromatic heterocycles. The van der Waals surface area contributed by atoms with E-state index >= 15 is 0 Å². The molecule has 0 spiro atoms. The summed E-state index contributed by atoms with van der Waals surface area (Å²) in [5.74, 6) is 0.235. The van der Waals surface area contributed by atoms with E-state index in [0.29, 0.717) is 0 Å². The number of hydrogen-bond acceptors (Lipinski definition) is 2. The Balaban J connectivity index is 1.93. The molecule has 1 heterocycles. The van der Waals surface area contributed by atoms with E-state index in [9.17, 15) is 0 Å². The zero-order chi connectivity index (χ0) is 12.1. The average Bonchev–Trinajstić information content (AvgIpc) is 2.40. The van der Waals surface area contributed by atoms with Gasteiger partial charge >= 0.3 is 0 Å². The van der Waals surface area contributed by atoms with Gasteiger partial charge in [0.2, 0.25) is 0 Å². The molecule has 1 unspecified atom stereocenters. The van der Waals surface area contributed by atoms with Crippen molar-refractivity contribution in [3.05, 3.63) is 35.4 Å². The average molecular weight is 228 g/mol. The number of benzene rings is 1. The number of rotatable bonds is 3. The molecule has 2 nitrogen and oxygen atoms in total. The Morgan fingerprint density at radius 3 is 2.65 bits per heavy atom. The first-order chi connectivity index (χ1) is 8.31. The van der Waals surface area contributed by atoms with Gasteiger partial charge in [0.1, 0.15) is 0 Å². The Labute approximate surface area is 104 Å². The van der Waals surface area contributed by atoms with Gasteiger partial charge in [0.15, 0.2) is 0 Å². The molecule has 0 amide bonds. The van der Waals surface area contributed by atoms with Crippen LogP contribution in [0.5, 0.6) is 0 Å². The summed E-state index contributed by atoms with van der Waals surface area (Å²) in [6.07, 6.45) is 3.33. The summed E-state index contributed by atoms with van der Waals surface area (Å²) in [4.78, 5) is 2.40. The fourth-order valence-corrected chi connectivity index (χ4v) is 2.44. The van der Waals surface area contributed by atoms with Gasteiger partial charge < -0.3 is 0 Å². The SMILES string of the molecule is CCc1ccc(CN2CCCC(C#N)C2)cc1. The van der Waals surface area contributed by atoms with Crippen molar-refractivity contribution >= 4 is 0 Å². The molecule has 1 atom stereocenters. The molecule has 17 heavy (non-hydrogen) atoms. The number of nitrogens with zero attached hydrogens (tertiary/aromatic N) is 2. The van der Waals surface area contributed by atoms with Crippen molar-refractivity contribution in [1.29, 1.82) is 5.26 Å². The van der Waals surface area contributed by atoms with Gasteiger partial charge in [0, 0.05) is 13.1 Å². The molecule has 1 aromatic rings. The van der Waals surface area contributed by atoms with Crippen LogP contribution in [0, 0.1) is 17.2 Å². The first-order valence-electron chi connectivity index (χ1n) is 6.51. The lowest BCUT2D eigenvalue weighted by atomic mass is 9.99. The maximum atomic E-state index is 8.97. The van der Waals surface area contributed by atoms with Gasteiger partial charge in [0.25, 0.3) is 0 Å². The summed E-state index contributed by atoms with van der Waals surface area (Å²) in [7, 11) is 0. The molecular weight excluding hydrogens is 208 g/mol. The summed E-state index contributed by atoms with van der Waals surface area (Å²) < 4.78 is 0. The Bertz CT molecular complexity index is 388. The van der Waals surface area contributed by atoms with Gasteiger partial charge in [-0.25, -0.2) is 0 Å². The highest BCUT2D eigenvalue weighted by Gasteiger charge is 2.19. The molecule has 1 aliphatic rings. The molecule has 0 bridgehead atoms. The van der Waals surface area contributed by atoms with E-state index < -0.39 is 0 Å². The van der Waals surface area contributed by atoms with Crippen LogP contribution in [0.15, 0.2) is 24.3 Å². The van der Waals surface area contributed by atoms with Crippen molar-refractivity contribution in [3.63, 3.8) is 0 Å². The normalized spacial score (nSPS) is 21.1. The van der Waals surface area contributed by atoms with E-state index in [1.807, 2.05) is 0 Å². The van der Waals surface area contributed by atoms with Crippen LogP contribution < -0.4 is 0 Å². The molecule has 1 fully saturated rings. The van der Waals surface area contributed by atoms with E-state index in [2.05, 4.69) is 42.2 Å². The van der Waals surface area contributed by atoms with Crippen LogP contribution in [-0.4, -0.2) is 18.0 Å². The number of nitriles is 1. The fraction of sp³-hybridized carbons (Fsp3) is 0.533. The molecular formula is C15H20N2. The molecule has 2 heteroatoms. The first kappa shape index (κ1) is 12.1. The van der Waals surface area contributed by atoms with Crippen molar-refractivity contribution in [2.45, 2.75) is 32.7 Å². The van der Waals surface area contributed by atoms with E-state index in [4.69, 9.17) is 5.26 Å². The van der Waals surface area contributed by atoms with Crippen molar-refractivity contribution in [2.24, 2.45) is 5.92 Å². The third-order valence-electron chi connectivity index (χ3n) is 3.53. The number of likely N-dealkylation sites (tertiary alicyclic amines) is 1. The van der Waals surface area contributed by atoms with Crippen LogP contribution in [0.2, 0.25) is 0 Å². The quantitative estimate of drug-likeness (QED) is 0.795. The summed E-state index contributed by atoms with van der Waals surface area (Å²) >= 11 is 0. The van der Waals surface area contributed by atoms with Gasteiger partial charge in [0.05, 0.1) is 12.0 Å². The van der Waals surface area contributed by atoms with Gasteiger partial charge in [-0.15, -0.1) is 0 Å². The number of aryl methyl sites for hydroxylation is 1. The van der Waals surface area contributed by atoms with Crippen molar-refractivity contribution < 1.29 is 0 Å². The largest absolute Gasteiger partial charge is 0.298 e. The highest BCUT2D eigenvalue weighted by molar-refractivity contribution is 5.22. The Kier molecular flexibility index (Phi) is 4.17. The Morgan fingerprint density at radius 1 is 1.29 bits per heavy atom. The number of piperidine rings is 1. The van der Waals surface area contributed by atoms with Crippen molar-refractivity contribution in [1.82, 2.24) is 4.90 Å². The summed E-state index contributed by atoms with van der Waals surface area (Å²) in [6, 6.07) is 11.2. The minimum atomic E-state index is 0.235. The van der Waals surface area contributed by atoms with Gasteiger partial charge in [-0.2, -0.15) is 5.26 Å². The van der Waals surface area contributed by atoms with E-state index in [1.54, 1.807) is 0 Å². The standard InChI is InChI=1S/C15H20N2/c1-2-13-5-7-14(8-6-13)11-17-9-3-4-15(10-16)12-17/h5-8,15H,2-4,9,11-12H2,1H3. The molecule has 2 rings (SSSR count). The molecule has 0 N–H and O–H groups in total. The van der Waals surface area contributed by atoms with Gasteiger partial charge in [-0.3, -0.25) is 4.90 Å². The minimum absolute atomic E-state index is 0.235. The molecule has 1 aromatic carbocycles. The zero-order valence-electron chi connectivity index (χ0n) is 10.5. The minimum Gasteiger partial charge on any atom is -0.298 e. The highest BCUT2D eigenvalue weighted by Crippen LogP contribution is 2.18. The summed E-state index contributed by atoms with van der Waals surface area (Å²) in [5.41, 5.74) is 2.75. The molecule has 0 saturated carbocycles. The highest BCUT2D eigenvalue weighted by atomic mass is 15.1. The second-order valence-corrected chi connectivity index (χ2v) is 4.87. The third kappa shape index (κ3) is 3.31. The molecule has 90 valence electrons. The van der Waals surface area contributed by atoms with Crippen LogP contribution in [0.25, 0.3) is 0 Å². The van der Waals surface area contributed by atoms with Crippen LogP contribution in [0.3, 0.4) is 0 Å². The van der Waals surface area contributed by atoms with Gasteiger partial charge in [-0.1, -0.05) is 31.2 Å². The first-order valence-corrected chi connectivity index (χ1v) is 6.51. The monoisotopic (exact) mass is 228 g/mol. The predicted molar refractivity (Wildman–Crippen MR) is 69.4 cm³/mol. The Morgan fingerprint density at radius 2 is 2.00 bits per heavy atom. The summed E-state index contributed by atoms with van der Waals surface area (Å²) in [6.45, 7) is 5.24. The molecule has 1 aliphatic heterocycles. The maximum absolute atomic E-state index is 8.97. The lowest BCUT2D eigenvalue weighted by Crippen LogP contribution is -2.34. The topological polar surface area (TPSA) is 27.0 Å². The van der Waals surface area contributed by atoms with E-state index in [1.165, 1.54) is 11.1 Å². The second-order valence-electron chi connectivity index (χ2n) is 4.87. The fourth-order valence-electron chi connectivity index (χ4n) is 2.44. The second kappa shape index (κ2) is 5.84. The number of hydrogen-bond donors (Lipinski definition) is 0. The lowest BCUT2D eigenvalue weighted by Gasteiger charge is -2.29. The van der Waals surface area contributed by atoms with Gasteiger partial charge in [-0.05, 0) is 36.9 Å². The Hall–Kier alpha value is -1.33. The smallest absolute Gasteiger partial charge is 0.0669 e. The van der Waals surface area contributed by atoms with Crippen LogP contribution in [-0.2, 0) is 13.0 Å². The molecule has 1 saturated heterocycles. The van der Waals surface area contributed by atoms with E-state index in [-0.39, 0.29) is 5.92 Å². The lowest BCUT2D eigenvalue weighted by molar-refractivity contribution is 0.192. The van der Waals surface area contributed by atoms with Crippen LogP contribution in [0.1, 0.15) is 30.9 Å². The summed E-state index contributed by atoms with van der Waals surface area (Å²) in [5, 5.41) is 8.97. The van der Waals surface area contributed by atoms with Crippen LogP contribution >= 0.6 is 0 Å². The maximum Gasteiger partial charge on any atom is 0.0669 e.